The number of rotatable bonds is 7. The fourth-order valence-electron chi connectivity index (χ4n) is 3.67. The Bertz CT molecular complexity index is 920. The van der Waals surface area contributed by atoms with Crippen molar-refractivity contribution >= 4 is 17.0 Å². The number of fused-ring (bicyclic) bond motifs is 2. The highest BCUT2D eigenvalue weighted by Crippen LogP contribution is 2.19. The molecule has 0 radical (unpaired) electrons. The van der Waals surface area contributed by atoms with Gasteiger partial charge in [0, 0.05) is 51.3 Å². The summed E-state index contributed by atoms with van der Waals surface area (Å²) >= 11 is 0. The normalized spacial score (nSPS) is 15.3. The Kier molecular flexibility index (Phi) is 5.69. The van der Waals surface area contributed by atoms with Gasteiger partial charge in [0.25, 0.3) is 0 Å². The van der Waals surface area contributed by atoms with Crippen LogP contribution in [0.3, 0.4) is 0 Å². The summed E-state index contributed by atoms with van der Waals surface area (Å²) in [7, 11) is 0. The Labute approximate surface area is 164 Å². The Morgan fingerprint density at radius 1 is 1.25 bits per heavy atom. The Balaban J connectivity index is 1.19. The first-order valence-corrected chi connectivity index (χ1v) is 9.75. The van der Waals surface area contributed by atoms with Gasteiger partial charge in [-0.1, -0.05) is 24.3 Å². The van der Waals surface area contributed by atoms with E-state index in [0.717, 1.165) is 36.4 Å². The van der Waals surface area contributed by atoms with Crippen LogP contribution in [0.25, 0.3) is 11.1 Å². The van der Waals surface area contributed by atoms with Crippen molar-refractivity contribution in [2.24, 2.45) is 0 Å². The molecule has 1 atom stereocenters. The third-order valence-corrected chi connectivity index (χ3v) is 5.15. The summed E-state index contributed by atoms with van der Waals surface area (Å²) in [6.07, 6.45) is 2.98. The van der Waals surface area contributed by atoms with Crippen molar-refractivity contribution in [2.45, 2.75) is 31.9 Å². The molecule has 6 nitrogen and oxygen atoms in total. The second-order valence-corrected chi connectivity index (χ2v) is 7.31. The van der Waals surface area contributed by atoms with Crippen LogP contribution in [-0.4, -0.2) is 46.6 Å². The molecule has 3 aromatic rings. The number of furan rings is 1. The second-order valence-electron chi connectivity index (χ2n) is 7.31. The number of aromatic nitrogens is 1. The quantitative estimate of drug-likeness (QED) is 0.659. The van der Waals surface area contributed by atoms with Gasteiger partial charge < -0.3 is 14.8 Å². The number of aliphatic hydroxyl groups excluding tert-OH is 1. The highest BCUT2D eigenvalue weighted by atomic mass is 16.3. The Morgan fingerprint density at radius 3 is 2.96 bits per heavy atom. The maximum Gasteiger partial charge on any atom is 0.220 e. The molecule has 2 N–H and O–H groups in total. The maximum atomic E-state index is 12.1. The summed E-state index contributed by atoms with van der Waals surface area (Å²) in [6.45, 7) is 2.60. The Morgan fingerprint density at radius 2 is 2.11 bits per heavy atom. The average Bonchev–Trinajstić information content (AvgIpc) is 3.14. The van der Waals surface area contributed by atoms with Gasteiger partial charge in [0.1, 0.15) is 11.3 Å². The number of carbonyl (C=O) groups excluding carboxylic acids is 1. The number of carbonyl (C=O) groups is 1. The van der Waals surface area contributed by atoms with Crippen LogP contribution in [0.1, 0.15) is 23.3 Å². The van der Waals surface area contributed by atoms with Gasteiger partial charge in [-0.15, -0.1) is 0 Å². The first-order valence-electron chi connectivity index (χ1n) is 9.75. The summed E-state index contributed by atoms with van der Waals surface area (Å²) in [5, 5.41) is 13.1. The number of amides is 1. The SMILES string of the molecule is O=C(CCc1cc2ncccc2o1)NC[C@@H](O)CN1CCc2ccccc2C1. The molecule has 0 fully saturated rings. The van der Waals surface area contributed by atoms with Gasteiger partial charge >= 0.3 is 0 Å². The van der Waals surface area contributed by atoms with Crippen LogP contribution < -0.4 is 5.32 Å². The summed E-state index contributed by atoms with van der Waals surface area (Å²) < 4.78 is 5.67. The maximum absolute atomic E-state index is 12.1. The monoisotopic (exact) mass is 379 g/mol. The van der Waals surface area contributed by atoms with Crippen LogP contribution in [0.5, 0.6) is 0 Å². The topological polar surface area (TPSA) is 78.6 Å². The fourth-order valence-corrected chi connectivity index (χ4v) is 3.67. The van der Waals surface area contributed by atoms with Crippen LogP contribution in [0.15, 0.2) is 53.1 Å². The van der Waals surface area contributed by atoms with Gasteiger partial charge in [0.15, 0.2) is 5.58 Å². The lowest BCUT2D eigenvalue weighted by Crippen LogP contribution is -2.42. The number of benzene rings is 1. The molecule has 0 unspecified atom stereocenters. The molecule has 0 saturated heterocycles. The number of β-amino-alcohol motifs (C(OH)–C–C–N with tert-alkyl or cyclic N) is 1. The zero-order valence-electron chi connectivity index (χ0n) is 15.8. The molecule has 0 saturated carbocycles. The minimum atomic E-state index is -0.579. The predicted octanol–water partition coefficient (Wildman–Crippen LogP) is 2.30. The summed E-state index contributed by atoms with van der Waals surface area (Å²) in [4.78, 5) is 18.6. The lowest BCUT2D eigenvalue weighted by Gasteiger charge is -2.30. The van der Waals surface area contributed by atoms with Crippen LogP contribution in [0.2, 0.25) is 0 Å². The van der Waals surface area contributed by atoms with E-state index in [0.29, 0.717) is 19.4 Å². The van der Waals surface area contributed by atoms with Crippen molar-refractivity contribution in [3.63, 3.8) is 0 Å². The number of hydrogen-bond acceptors (Lipinski definition) is 5. The van der Waals surface area contributed by atoms with Gasteiger partial charge in [-0.05, 0) is 29.7 Å². The molecule has 4 rings (SSSR count). The number of aryl methyl sites for hydroxylation is 1. The molecule has 28 heavy (non-hydrogen) atoms. The van der Waals surface area contributed by atoms with E-state index in [-0.39, 0.29) is 12.5 Å². The van der Waals surface area contributed by atoms with Crippen molar-refractivity contribution in [3.8, 4) is 0 Å². The molecule has 3 heterocycles. The van der Waals surface area contributed by atoms with Gasteiger partial charge in [0.2, 0.25) is 5.91 Å². The standard InChI is InChI=1S/C22H25N3O3/c26-18(15-25-11-9-16-4-1-2-5-17(16)14-25)13-24-22(27)8-7-19-12-20-21(28-19)6-3-10-23-20/h1-6,10,12,18,26H,7-9,11,13-15H2,(H,24,27)/t18-/m1/s1. The minimum absolute atomic E-state index is 0.0866. The van der Waals surface area contributed by atoms with Crippen LogP contribution in [-0.2, 0) is 24.2 Å². The molecule has 6 heteroatoms. The molecular formula is C22H25N3O3. The molecule has 1 aliphatic rings. The Hall–Kier alpha value is -2.70. The largest absolute Gasteiger partial charge is 0.459 e. The first kappa shape index (κ1) is 18.7. The summed E-state index contributed by atoms with van der Waals surface area (Å²) in [6, 6.07) is 14.0. The second kappa shape index (κ2) is 8.54. The molecule has 0 spiro atoms. The number of pyridine rings is 1. The van der Waals surface area contributed by atoms with E-state index in [4.69, 9.17) is 4.42 Å². The predicted molar refractivity (Wildman–Crippen MR) is 107 cm³/mol. The van der Waals surface area contributed by atoms with Gasteiger partial charge in [-0.3, -0.25) is 14.7 Å². The van der Waals surface area contributed by atoms with E-state index in [2.05, 4.69) is 39.5 Å². The average molecular weight is 379 g/mol. The molecule has 146 valence electrons. The van der Waals surface area contributed by atoms with Crippen molar-refractivity contribution in [3.05, 3.63) is 65.5 Å². The molecule has 1 aliphatic heterocycles. The lowest BCUT2D eigenvalue weighted by atomic mass is 10.00. The van der Waals surface area contributed by atoms with Crippen molar-refractivity contribution in [2.75, 3.05) is 19.6 Å². The lowest BCUT2D eigenvalue weighted by molar-refractivity contribution is -0.121. The highest BCUT2D eigenvalue weighted by Gasteiger charge is 2.18. The van der Waals surface area contributed by atoms with E-state index in [9.17, 15) is 9.90 Å². The molecule has 2 aromatic heterocycles. The van der Waals surface area contributed by atoms with Crippen LogP contribution in [0.4, 0.5) is 0 Å². The summed E-state index contributed by atoms with van der Waals surface area (Å²) in [5.41, 5.74) is 4.25. The molecule has 1 amide bonds. The number of hydrogen-bond donors (Lipinski definition) is 2. The highest BCUT2D eigenvalue weighted by molar-refractivity contribution is 5.77. The summed E-state index contributed by atoms with van der Waals surface area (Å²) in [5.74, 6) is 0.660. The van der Waals surface area contributed by atoms with Crippen LogP contribution >= 0.6 is 0 Å². The van der Waals surface area contributed by atoms with E-state index >= 15 is 0 Å². The smallest absolute Gasteiger partial charge is 0.220 e. The van der Waals surface area contributed by atoms with E-state index in [1.54, 1.807) is 6.20 Å². The third kappa shape index (κ3) is 4.58. The van der Waals surface area contributed by atoms with Crippen molar-refractivity contribution in [1.29, 1.82) is 0 Å². The minimum Gasteiger partial charge on any atom is -0.459 e. The van der Waals surface area contributed by atoms with Gasteiger partial charge in [0.05, 0.1) is 6.10 Å². The zero-order valence-corrected chi connectivity index (χ0v) is 15.8. The molecule has 0 aliphatic carbocycles. The van der Waals surface area contributed by atoms with Crippen molar-refractivity contribution in [1.82, 2.24) is 15.2 Å². The van der Waals surface area contributed by atoms with Crippen molar-refractivity contribution < 1.29 is 14.3 Å². The van der Waals surface area contributed by atoms with Gasteiger partial charge in [-0.2, -0.15) is 0 Å². The van der Waals surface area contributed by atoms with E-state index < -0.39 is 6.10 Å². The van der Waals surface area contributed by atoms with E-state index in [1.807, 2.05) is 18.2 Å². The third-order valence-electron chi connectivity index (χ3n) is 5.15. The number of nitrogens with zero attached hydrogens (tertiary/aromatic N) is 2. The molecule has 0 bridgehead atoms. The molecular weight excluding hydrogens is 354 g/mol. The molecule has 1 aromatic carbocycles. The first-order chi connectivity index (χ1) is 13.7. The van der Waals surface area contributed by atoms with Crippen LogP contribution in [0, 0.1) is 0 Å². The van der Waals surface area contributed by atoms with E-state index in [1.165, 1.54) is 11.1 Å². The van der Waals surface area contributed by atoms with Gasteiger partial charge in [-0.25, -0.2) is 0 Å². The number of nitrogens with one attached hydrogen (secondary N) is 1. The number of aliphatic hydroxyl groups is 1. The fraction of sp³-hybridized carbons (Fsp3) is 0.364. The zero-order chi connectivity index (χ0) is 19.3.